The molecule has 2 nitrogen and oxygen atoms in total. The molecule has 88 valence electrons. The summed E-state index contributed by atoms with van der Waals surface area (Å²) < 4.78 is 5.24. The van der Waals surface area contributed by atoms with Gasteiger partial charge in [-0.1, -0.05) is 31.2 Å². The molecule has 2 aromatic rings. The molecule has 0 spiro atoms. The first-order valence-electron chi connectivity index (χ1n) is 5.59. The molecule has 3 heteroatoms. The Hall–Kier alpha value is -1.54. The molecular formula is C14H14ClNO. The highest BCUT2D eigenvalue weighted by atomic mass is 35.5. The van der Waals surface area contributed by atoms with Crippen molar-refractivity contribution in [2.24, 2.45) is 0 Å². The molecule has 0 atom stereocenters. The van der Waals surface area contributed by atoms with Gasteiger partial charge in [0.25, 0.3) is 0 Å². The molecule has 0 radical (unpaired) electrons. The largest absolute Gasteiger partial charge is 0.445 e. The van der Waals surface area contributed by atoms with Crippen LogP contribution in [-0.4, -0.2) is 4.98 Å². The highest BCUT2D eigenvalue weighted by molar-refractivity contribution is 6.16. The van der Waals surface area contributed by atoms with Gasteiger partial charge in [-0.05, 0) is 23.6 Å². The first-order chi connectivity index (χ1) is 8.31. The van der Waals surface area contributed by atoms with Gasteiger partial charge in [0.1, 0.15) is 6.26 Å². The SMILES string of the molecule is CCc1ccc(/C=C/c2nc(CCl)co2)cc1. The van der Waals surface area contributed by atoms with E-state index in [1.807, 2.05) is 12.2 Å². The van der Waals surface area contributed by atoms with Crippen molar-refractivity contribution in [2.45, 2.75) is 19.2 Å². The Balaban J connectivity index is 2.08. The molecule has 0 aliphatic rings. The first-order valence-corrected chi connectivity index (χ1v) is 6.12. The molecule has 17 heavy (non-hydrogen) atoms. The third-order valence-corrected chi connectivity index (χ3v) is 2.79. The molecule has 1 aromatic carbocycles. The van der Waals surface area contributed by atoms with Crippen molar-refractivity contribution in [3.05, 3.63) is 53.2 Å². The maximum absolute atomic E-state index is 5.64. The zero-order chi connectivity index (χ0) is 12.1. The second kappa shape index (κ2) is 5.69. The molecule has 0 fully saturated rings. The number of rotatable bonds is 4. The summed E-state index contributed by atoms with van der Waals surface area (Å²) in [7, 11) is 0. The van der Waals surface area contributed by atoms with Gasteiger partial charge in [-0.3, -0.25) is 0 Å². The van der Waals surface area contributed by atoms with Gasteiger partial charge >= 0.3 is 0 Å². The summed E-state index contributed by atoms with van der Waals surface area (Å²) in [6, 6.07) is 8.42. The summed E-state index contributed by atoms with van der Waals surface area (Å²) in [5, 5.41) is 0. The number of hydrogen-bond donors (Lipinski definition) is 0. The fraction of sp³-hybridized carbons (Fsp3) is 0.214. The van der Waals surface area contributed by atoms with Crippen molar-refractivity contribution in [1.29, 1.82) is 0 Å². The average Bonchev–Trinajstić information content (AvgIpc) is 2.85. The Morgan fingerprint density at radius 1 is 1.24 bits per heavy atom. The monoisotopic (exact) mass is 247 g/mol. The standard InChI is InChI=1S/C14H14ClNO/c1-2-11-3-5-12(6-4-11)7-8-14-16-13(9-15)10-17-14/h3-8,10H,2,9H2,1H3/b8-7+. The molecule has 0 aliphatic heterocycles. The number of alkyl halides is 1. The lowest BCUT2D eigenvalue weighted by molar-refractivity contribution is 0.546. The molecule has 2 rings (SSSR count). The van der Waals surface area contributed by atoms with Gasteiger partial charge < -0.3 is 4.42 Å². The van der Waals surface area contributed by atoms with Gasteiger partial charge in [-0.25, -0.2) is 4.98 Å². The number of hydrogen-bond acceptors (Lipinski definition) is 2. The number of aryl methyl sites for hydroxylation is 1. The Kier molecular flexibility index (Phi) is 3.99. The second-order valence-electron chi connectivity index (χ2n) is 3.74. The quantitative estimate of drug-likeness (QED) is 0.759. The van der Waals surface area contributed by atoms with E-state index in [0.29, 0.717) is 11.8 Å². The van der Waals surface area contributed by atoms with Gasteiger partial charge in [0.15, 0.2) is 0 Å². The van der Waals surface area contributed by atoms with Crippen molar-refractivity contribution < 1.29 is 4.42 Å². The molecule has 1 heterocycles. The van der Waals surface area contributed by atoms with Crippen LogP contribution in [0.4, 0.5) is 0 Å². The summed E-state index contributed by atoms with van der Waals surface area (Å²) in [4.78, 5) is 4.19. The number of nitrogens with zero attached hydrogens (tertiary/aromatic N) is 1. The van der Waals surface area contributed by atoms with Crippen LogP contribution in [0, 0.1) is 0 Å². The second-order valence-corrected chi connectivity index (χ2v) is 4.01. The van der Waals surface area contributed by atoms with Crippen molar-refractivity contribution in [3.63, 3.8) is 0 Å². The highest BCUT2D eigenvalue weighted by Gasteiger charge is 1.98. The summed E-state index contributed by atoms with van der Waals surface area (Å²) in [5.41, 5.74) is 3.23. The lowest BCUT2D eigenvalue weighted by Gasteiger charge is -1.96. The molecule has 0 amide bonds. The topological polar surface area (TPSA) is 26.0 Å². The van der Waals surface area contributed by atoms with Crippen LogP contribution in [0.3, 0.4) is 0 Å². The lowest BCUT2D eigenvalue weighted by Crippen LogP contribution is -1.79. The van der Waals surface area contributed by atoms with Crippen LogP contribution in [-0.2, 0) is 12.3 Å². The summed E-state index contributed by atoms with van der Waals surface area (Å²) in [6.07, 6.45) is 6.45. The number of halogens is 1. The van der Waals surface area contributed by atoms with E-state index in [1.165, 1.54) is 5.56 Å². The predicted octanol–water partition coefficient (Wildman–Crippen LogP) is 4.15. The summed E-state index contributed by atoms with van der Waals surface area (Å²) in [6.45, 7) is 2.14. The maximum atomic E-state index is 5.64. The smallest absolute Gasteiger partial charge is 0.218 e. The van der Waals surface area contributed by atoms with E-state index in [2.05, 4.69) is 36.2 Å². The van der Waals surface area contributed by atoms with Crippen LogP contribution < -0.4 is 0 Å². The molecule has 0 N–H and O–H groups in total. The van der Waals surface area contributed by atoms with Gasteiger partial charge in [-0.2, -0.15) is 0 Å². The van der Waals surface area contributed by atoms with Crippen LogP contribution in [0.15, 0.2) is 34.9 Å². The average molecular weight is 248 g/mol. The fourth-order valence-corrected chi connectivity index (χ4v) is 1.62. The van der Waals surface area contributed by atoms with Crippen LogP contribution in [0.25, 0.3) is 12.2 Å². The minimum Gasteiger partial charge on any atom is -0.445 e. The van der Waals surface area contributed by atoms with Gasteiger partial charge in [0, 0.05) is 6.08 Å². The third-order valence-electron chi connectivity index (χ3n) is 2.51. The third kappa shape index (κ3) is 3.21. The van der Waals surface area contributed by atoms with E-state index in [-0.39, 0.29) is 0 Å². The van der Waals surface area contributed by atoms with Gasteiger partial charge in [-0.15, -0.1) is 11.6 Å². The Bertz CT molecular complexity index is 499. The van der Waals surface area contributed by atoms with E-state index in [1.54, 1.807) is 6.26 Å². The van der Waals surface area contributed by atoms with Crippen LogP contribution in [0.5, 0.6) is 0 Å². The molecule has 0 unspecified atom stereocenters. The fourth-order valence-electron chi connectivity index (χ4n) is 1.49. The minimum atomic E-state index is 0.378. The Morgan fingerprint density at radius 2 is 2.00 bits per heavy atom. The summed E-state index contributed by atoms with van der Waals surface area (Å²) in [5.74, 6) is 0.961. The van der Waals surface area contributed by atoms with Crippen molar-refractivity contribution in [3.8, 4) is 0 Å². The summed E-state index contributed by atoms with van der Waals surface area (Å²) >= 11 is 5.64. The van der Waals surface area contributed by atoms with E-state index in [4.69, 9.17) is 16.0 Å². The van der Waals surface area contributed by atoms with Gasteiger partial charge in [0.2, 0.25) is 5.89 Å². The van der Waals surface area contributed by atoms with E-state index < -0.39 is 0 Å². The number of oxazole rings is 1. The van der Waals surface area contributed by atoms with Crippen molar-refractivity contribution >= 4 is 23.8 Å². The normalized spacial score (nSPS) is 11.2. The molecular weight excluding hydrogens is 234 g/mol. The Morgan fingerprint density at radius 3 is 2.59 bits per heavy atom. The first kappa shape index (κ1) is 11.9. The van der Waals surface area contributed by atoms with Crippen molar-refractivity contribution in [1.82, 2.24) is 4.98 Å². The molecule has 0 aliphatic carbocycles. The zero-order valence-electron chi connectivity index (χ0n) is 9.69. The number of aromatic nitrogens is 1. The minimum absolute atomic E-state index is 0.378. The maximum Gasteiger partial charge on any atom is 0.218 e. The van der Waals surface area contributed by atoms with Gasteiger partial charge in [0.05, 0.1) is 11.6 Å². The molecule has 0 saturated heterocycles. The zero-order valence-corrected chi connectivity index (χ0v) is 10.4. The van der Waals surface area contributed by atoms with E-state index in [0.717, 1.165) is 17.7 Å². The van der Waals surface area contributed by atoms with E-state index in [9.17, 15) is 0 Å². The highest BCUT2D eigenvalue weighted by Crippen LogP contribution is 2.11. The number of benzene rings is 1. The van der Waals surface area contributed by atoms with E-state index >= 15 is 0 Å². The molecule has 1 aromatic heterocycles. The predicted molar refractivity (Wildman–Crippen MR) is 70.8 cm³/mol. The lowest BCUT2D eigenvalue weighted by atomic mass is 10.1. The molecule has 0 saturated carbocycles. The Labute approximate surface area is 106 Å². The van der Waals surface area contributed by atoms with Crippen LogP contribution >= 0.6 is 11.6 Å². The van der Waals surface area contributed by atoms with Crippen molar-refractivity contribution in [2.75, 3.05) is 0 Å². The van der Waals surface area contributed by atoms with Crippen LogP contribution in [0.2, 0.25) is 0 Å². The molecule has 0 bridgehead atoms. The van der Waals surface area contributed by atoms with Crippen LogP contribution in [0.1, 0.15) is 29.6 Å².